The lowest BCUT2D eigenvalue weighted by Gasteiger charge is -2.15. The van der Waals surface area contributed by atoms with Gasteiger partial charge in [-0.15, -0.1) is 11.3 Å². The standard InChI is InChI=1S/C11H5NO4S/c13-4-1-2-5(14)7-6(4)9(15)8-11(10(7)16)17-3-12-8/h1-3,13-14H. The number of nitrogens with zero attached hydrogens (tertiary/aromatic N) is 1. The third-order valence-electron chi connectivity index (χ3n) is 2.60. The van der Waals surface area contributed by atoms with Crippen molar-refractivity contribution in [3.63, 3.8) is 0 Å². The van der Waals surface area contributed by atoms with Crippen LogP contribution >= 0.6 is 11.3 Å². The lowest BCUT2D eigenvalue weighted by molar-refractivity contribution is 0.0974. The molecule has 0 atom stereocenters. The first-order valence-corrected chi connectivity index (χ1v) is 5.57. The number of thiazole rings is 1. The minimum Gasteiger partial charge on any atom is -0.507 e. The summed E-state index contributed by atoms with van der Waals surface area (Å²) in [6.07, 6.45) is 0. The molecule has 3 rings (SSSR count). The summed E-state index contributed by atoms with van der Waals surface area (Å²) in [6, 6.07) is 2.36. The fourth-order valence-electron chi connectivity index (χ4n) is 1.84. The van der Waals surface area contributed by atoms with E-state index in [9.17, 15) is 19.8 Å². The zero-order valence-electron chi connectivity index (χ0n) is 8.30. The van der Waals surface area contributed by atoms with Gasteiger partial charge in [-0.25, -0.2) is 4.98 Å². The van der Waals surface area contributed by atoms with Crippen LogP contribution in [0.25, 0.3) is 0 Å². The van der Waals surface area contributed by atoms with Gasteiger partial charge in [-0.1, -0.05) is 0 Å². The third-order valence-corrected chi connectivity index (χ3v) is 3.43. The SMILES string of the molecule is O=C1c2ncsc2C(=O)c2c(O)ccc(O)c21. The summed E-state index contributed by atoms with van der Waals surface area (Å²) in [7, 11) is 0. The van der Waals surface area contributed by atoms with Crippen molar-refractivity contribution >= 4 is 22.9 Å². The molecule has 1 aromatic carbocycles. The average Bonchev–Trinajstić information content (AvgIpc) is 2.78. The van der Waals surface area contributed by atoms with E-state index >= 15 is 0 Å². The Morgan fingerprint density at radius 2 is 1.59 bits per heavy atom. The van der Waals surface area contributed by atoms with E-state index in [1.54, 1.807) is 0 Å². The van der Waals surface area contributed by atoms with Crippen LogP contribution in [0.3, 0.4) is 0 Å². The highest BCUT2D eigenvalue weighted by molar-refractivity contribution is 7.12. The van der Waals surface area contributed by atoms with Crippen LogP contribution in [0.15, 0.2) is 17.6 Å². The Bertz CT molecular complexity index is 619. The molecular weight excluding hydrogens is 242 g/mol. The lowest BCUT2D eigenvalue weighted by Crippen LogP contribution is -2.19. The minimum atomic E-state index is -0.538. The van der Waals surface area contributed by atoms with Crippen LogP contribution in [-0.4, -0.2) is 26.8 Å². The summed E-state index contributed by atoms with van der Waals surface area (Å²) in [5.74, 6) is -1.65. The topological polar surface area (TPSA) is 87.5 Å². The van der Waals surface area contributed by atoms with Crippen molar-refractivity contribution in [2.24, 2.45) is 0 Å². The zero-order valence-corrected chi connectivity index (χ0v) is 9.11. The Kier molecular flexibility index (Phi) is 1.84. The number of phenolic OH excluding ortho intramolecular Hbond substituents is 2. The van der Waals surface area contributed by atoms with Crippen LogP contribution in [-0.2, 0) is 0 Å². The maximum absolute atomic E-state index is 12.0. The van der Waals surface area contributed by atoms with Gasteiger partial charge in [0.05, 0.1) is 16.6 Å². The molecule has 1 aliphatic carbocycles. The Balaban J connectivity index is 2.42. The number of benzene rings is 1. The van der Waals surface area contributed by atoms with Gasteiger partial charge in [0.2, 0.25) is 11.6 Å². The highest BCUT2D eigenvalue weighted by Gasteiger charge is 2.36. The number of rotatable bonds is 0. The van der Waals surface area contributed by atoms with Gasteiger partial charge in [0, 0.05) is 0 Å². The molecule has 1 aromatic heterocycles. The van der Waals surface area contributed by atoms with Crippen LogP contribution in [0, 0.1) is 0 Å². The summed E-state index contributed by atoms with van der Waals surface area (Å²) < 4.78 is 0. The maximum atomic E-state index is 12.0. The molecule has 0 bridgehead atoms. The summed E-state index contributed by atoms with van der Waals surface area (Å²) in [5.41, 5.74) is 1.11. The van der Waals surface area contributed by atoms with Gasteiger partial charge in [0.25, 0.3) is 0 Å². The molecule has 6 heteroatoms. The highest BCUT2D eigenvalue weighted by atomic mass is 32.1. The predicted octanol–water partition coefficient (Wildman–Crippen LogP) is 1.33. The molecule has 1 aliphatic rings. The minimum absolute atomic E-state index is 0.0356. The van der Waals surface area contributed by atoms with Gasteiger partial charge in [-0.3, -0.25) is 9.59 Å². The van der Waals surface area contributed by atoms with Crippen LogP contribution in [0.1, 0.15) is 31.3 Å². The number of carbonyl (C=O) groups excluding carboxylic acids is 2. The van der Waals surface area contributed by atoms with Gasteiger partial charge in [-0.05, 0) is 12.1 Å². The van der Waals surface area contributed by atoms with Crippen molar-refractivity contribution in [3.8, 4) is 11.5 Å². The first kappa shape index (κ1) is 9.98. The monoisotopic (exact) mass is 247 g/mol. The van der Waals surface area contributed by atoms with Crippen molar-refractivity contribution in [3.05, 3.63) is 39.3 Å². The van der Waals surface area contributed by atoms with Gasteiger partial charge >= 0.3 is 0 Å². The lowest BCUT2D eigenvalue weighted by atomic mass is 9.90. The predicted molar refractivity (Wildman–Crippen MR) is 58.8 cm³/mol. The van der Waals surface area contributed by atoms with Crippen molar-refractivity contribution in [2.75, 3.05) is 0 Å². The van der Waals surface area contributed by atoms with E-state index in [1.165, 1.54) is 17.6 Å². The van der Waals surface area contributed by atoms with Gasteiger partial charge < -0.3 is 10.2 Å². The van der Waals surface area contributed by atoms with Crippen molar-refractivity contribution in [1.29, 1.82) is 0 Å². The number of carbonyl (C=O) groups is 2. The largest absolute Gasteiger partial charge is 0.507 e. The summed E-state index contributed by atoms with van der Waals surface area (Å²) in [5, 5.41) is 19.3. The molecule has 1 heterocycles. The van der Waals surface area contributed by atoms with E-state index in [2.05, 4.69) is 4.98 Å². The molecule has 5 nitrogen and oxygen atoms in total. The molecule has 0 saturated heterocycles. The Hall–Kier alpha value is -2.21. The Morgan fingerprint density at radius 3 is 2.24 bits per heavy atom. The second-order valence-corrected chi connectivity index (χ2v) is 4.40. The van der Waals surface area contributed by atoms with Gasteiger partial charge in [-0.2, -0.15) is 0 Å². The zero-order chi connectivity index (χ0) is 12.2. The number of aromatic hydroxyl groups is 2. The average molecular weight is 247 g/mol. The molecule has 2 N–H and O–H groups in total. The molecule has 0 radical (unpaired) electrons. The summed E-state index contributed by atoms with van der Waals surface area (Å²) in [6.45, 7) is 0. The number of phenols is 2. The molecule has 0 spiro atoms. The van der Waals surface area contributed by atoms with Gasteiger partial charge in [0.1, 0.15) is 22.1 Å². The van der Waals surface area contributed by atoms with E-state index in [-0.39, 0.29) is 33.2 Å². The van der Waals surface area contributed by atoms with Crippen molar-refractivity contribution in [2.45, 2.75) is 0 Å². The molecule has 84 valence electrons. The Labute approximate surface area is 99.0 Å². The first-order valence-electron chi connectivity index (χ1n) is 4.69. The summed E-state index contributed by atoms with van der Waals surface area (Å²) in [4.78, 5) is 28.1. The second kappa shape index (κ2) is 3.14. The first-order chi connectivity index (χ1) is 8.11. The van der Waals surface area contributed by atoms with Crippen LogP contribution < -0.4 is 0 Å². The van der Waals surface area contributed by atoms with Crippen LogP contribution in [0.5, 0.6) is 11.5 Å². The summed E-state index contributed by atoms with van der Waals surface area (Å²) >= 11 is 1.04. The molecule has 0 fully saturated rings. The van der Waals surface area contributed by atoms with Crippen LogP contribution in [0.2, 0.25) is 0 Å². The molecule has 0 aliphatic heterocycles. The quantitative estimate of drug-likeness (QED) is 0.585. The fourth-order valence-corrected chi connectivity index (χ4v) is 2.57. The van der Waals surface area contributed by atoms with E-state index in [1.807, 2.05) is 0 Å². The molecule has 0 unspecified atom stereocenters. The normalized spacial score (nSPS) is 13.4. The number of fused-ring (bicyclic) bond motifs is 2. The molecule has 2 aromatic rings. The number of ketones is 2. The fraction of sp³-hybridized carbons (Fsp3) is 0. The van der Waals surface area contributed by atoms with Crippen molar-refractivity contribution < 1.29 is 19.8 Å². The van der Waals surface area contributed by atoms with E-state index in [0.717, 1.165) is 11.3 Å². The second-order valence-electron chi connectivity index (χ2n) is 3.54. The van der Waals surface area contributed by atoms with Crippen LogP contribution in [0.4, 0.5) is 0 Å². The highest BCUT2D eigenvalue weighted by Crippen LogP contribution is 2.38. The number of aromatic nitrogens is 1. The molecular formula is C11H5NO4S. The van der Waals surface area contributed by atoms with E-state index in [0.29, 0.717) is 0 Å². The molecule has 17 heavy (non-hydrogen) atoms. The Morgan fingerprint density at radius 1 is 1.00 bits per heavy atom. The number of hydrogen-bond donors (Lipinski definition) is 2. The molecule has 0 saturated carbocycles. The van der Waals surface area contributed by atoms with Crippen molar-refractivity contribution in [1.82, 2.24) is 4.98 Å². The van der Waals surface area contributed by atoms with E-state index in [4.69, 9.17) is 0 Å². The maximum Gasteiger partial charge on any atom is 0.217 e. The van der Waals surface area contributed by atoms with Gasteiger partial charge in [0.15, 0.2) is 0 Å². The number of hydrogen-bond acceptors (Lipinski definition) is 6. The molecule has 0 amide bonds. The van der Waals surface area contributed by atoms with E-state index < -0.39 is 11.6 Å². The third kappa shape index (κ3) is 1.15. The smallest absolute Gasteiger partial charge is 0.217 e.